The van der Waals surface area contributed by atoms with Crippen molar-refractivity contribution in [2.75, 3.05) is 4.90 Å². The van der Waals surface area contributed by atoms with Crippen molar-refractivity contribution in [3.05, 3.63) is 271 Å². The number of ether oxygens (including phenoxy) is 1. The second kappa shape index (κ2) is 14.9. The first-order valence-corrected chi connectivity index (χ1v) is 24.1. The topological polar surface area (TPSA) is 25.6 Å². The summed E-state index contributed by atoms with van der Waals surface area (Å²) in [4.78, 5) is 2.44. The summed E-state index contributed by atoms with van der Waals surface area (Å²) in [6.45, 7) is 0. The summed E-state index contributed by atoms with van der Waals surface area (Å²) in [6.07, 6.45) is 0. The van der Waals surface area contributed by atoms with Gasteiger partial charge in [0.25, 0.3) is 0 Å². The van der Waals surface area contributed by atoms with Gasteiger partial charge in [0.05, 0.1) is 16.8 Å². The van der Waals surface area contributed by atoms with E-state index in [0.717, 1.165) is 83.9 Å². The number of hydrogen-bond donors (Lipinski definition) is 0. The number of benzene rings is 11. The van der Waals surface area contributed by atoms with Crippen LogP contribution in [-0.4, -0.2) is 0 Å². The van der Waals surface area contributed by atoms with Crippen LogP contribution in [0.5, 0.6) is 11.5 Å². The molecule has 11 aromatic carbocycles. The number of rotatable bonds is 4. The normalized spacial score (nSPS) is 14.5. The zero-order valence-corrected chi connectivity index (χ0v) is 37.9. The van der Waals surface area contributed by atoms with Crippen molar-refractivity contribution < 1.29 is 9.15 Å². The van der Waals surface area contributed by atoms with E-state index in [1.807, 2.05) is 0 Å². The Morgan fingerprint density at radius 3 is 1.59 bits per heavy atom. The van der Waals surface area contributed by atoms with Gasteiger partial charge in [0.15, 0.2) is 5.75 Å². The van der Waals surface area contributed by atoms with Crippen molar-refractivity contribution in [1.29, 1.82) is 0 Å². The van der Waals surface area contributed by atoms with Crippen molar-refractivity contribution in [3.8, 4) is 78.3 Å². The van der Waals surface area contributed by atoms with Crippen molar-refractivity contribution in [2.45, 2.75) is 5.41 Å². The molecule has 0 saturated heterocycles. The van der Waals surface area contributed by atoms with Crippen molar-refractivity contribution in [3.63, 3.8) is 0 Å². The van der Waals surface area contributed by atoms with Gasteiger partial charge in [-0.25, -0.2) is 0 Å². The van der Waals surface area contributed by atoms with E-state index in [-0.39, 0.29) is 0 Å². The van der Waals surface area contributed by atoms with E-state index in [4.69, 9.17) is 9.15 Å². The number of fused-ring (bicyclic) bond motifs is 20. The zero-order valence-electron chi connectivity index (χ0n) is 37.9. The molecule has 0 N–H and O–H groups in total. The van der Waals surface area contributed by atoms with Crippen LogP contribution in [0.25, 0.3) is 88.7 Å². The van der Waals surface area contributed by atoms with Gasteiger partial charge in [-0.05, 0) is 121 Å². The maximum atomic E-state index is 7.31. The Labute approximate surface area is 405 Å². The lowest BCUT2D eigenvalue weighted by atomic mass is 9.65. The molecule has 0 amide bonds. The first-order valence-electron chi connectivity index (χ1n) is 24.1. The van der Waals surface area contributed by atoms with Crippen LogP contribution in [0.2, 0.25) is 0 Å². The van der Waals surface area contributed by atoms with E-state index in [1.165, 1.54) is 55.6 Å². The highest BCUT2D eigenvalue weighted by molar-refractivity contribution is 6.09. The molecule has 326 valence electrons. The molecule has 1 atom stereocenters. The first kappa shape index (κ1) is 38.9. The second-order valence-corrected chi connectivity index (χ2v) is 18.6. The van der Waals surface area contributed by atoms with Gasteiger partial charge < -0.3 is 14.1 Å². The van der Waals surface area contributed by atoms with E-state index in [0.29, 0.717) is 0 Å². The lowest BCUT2D eigenvalue weighted by Crippen LogP contribution is -2.29. The maximum absolute atomic E-state index is 7.31. The second-order valence-electron chi connectivity index (χ2n) is 18.6. The summed E-state index contributed by atoms with van der Waals surface area (Å²) in [5.41, 5.74) is 22.8. The highest BCUT2D eigenvalue weighted by atomic mass is 16.5. The van der Waals surface area contributed by atoms with Crippen LogP contribution in [0.3, 0.4) is 0 Å². The van der Waals surface area contributed by atoms with E-state index in [9.17, 15) is 0 Å². The Morgan fingerprint density at radius 2 is 0.829 bits per heavy atom. The van der Waals surface area contributed by atoms with Crippen LogP contribution in [-0.2, 0) is 5.41 Å². The molecule has 1 unspecified atom stereocenters. The molecule has 3 nitrogen and oxygen atoms in total. The Morgan fingerprint density at radius 1 is 0.300 bits per heavy atom. The smallest absolute Gasteiger partial charge is 0.159 e. The SMILES string of the molecule is c1ccc(-c2ccccc2N(c2ccc3c(c2)C2(c4ccccc4-c4ccccc4-3)c3ccccc3-c3cc4c(cc32)oc2ccccc24)c2cccc3c2Oc2ccccc2-c2ccccc2-3)cc1. The number of furan rings is 1. The van der Waals surface area contributed by atoms with Crippen LogP contribution in [0.1, 0.15) is 22.3 Å². The molecular formula is C67H41NO2. The molecule has 70 heavy (non-hydrogen) atoms. The number of nitrogens with zero attached hydrogens (tertiary/aromatic N) is 1. The fraction of sp³-hybridized carbons (Fsp3) is 0.0149. The van der Waals surface area contributed by atoms with E-state index < -0.39 is 5.41 Å². The summed E-state index contributed by atoms with van der Waals surface area (Å²) in [5, 5.41) is 2.24. The molecule has 12 aromatic rings. The summed E-state index contributed by atoms with van der Waals surface area (Å²) < 4.78 is 14.1. The van der Waals surface area contributed by atoms with Crippen LogP contribution in [0.4, 0.5) is 17.1 Å². The zero-order chi connectivity index (χ0) is 45.9. The Hall–Kier alpha value is -9.18. The first-order chi connectivity index (χ1) is 34.7. The molecule has 15 rings (SSSR count). The fourth-order valence-corrected chi connectivity index (χ4v) is 12.2. The van der Waals surface area contributed by atoms with Crippen LogP contribution < -0.4 is 9.64 Å². The molecular weight excluding hydrogens is 851 g/mol. The lowest BCUT2D eigenvalue weighted by molar-refractivity contribution is 0.489. The lowest BCUT2D eigenvalue weighted by Gasteiger charge is -2.37. The number of hydrogen-bond acceptors (Lipinski definition) is 3. The molecule has 0 bridgehead atoms. The molecule has 2 heterocycles. The van der Waals surface area contributed by atoms with Gasteiger partial charge in [-0.2, -0.15) is 0 Å². The summed E-state index contributed by atoms with van der Waals surface area (Å²) >= 11 is 0. The number of anilines is 3. The third-order valence-corrected chi connectivity index (χ3v) is 15.1. The van der Waals surface area contributed by atoms with Crippen LogP contribution in [0, 0.1) is 0 Å². The van der Waals surface area contributed by atoms with E-state index >= 15 is 0 Å². The minimum absolute atomic E-state index is 0.757. The van der Waals surface area contributed by atoms with E-state index in [1.54, 1.807) is 0 Å². The number of para-hydroxylation sites is 4. The predicted molar refractivity (Wildman–Crippen MR) is 287 cm³/mol. The molecule has 0 fully saturated rings. The minimum Gasteiger partial charge on any atom is -0.456 e. The monoisotopic (exact) mass is 891 g/mol. The third-order valence-electron chi connectivity index (χ3n) is 15.1. The van der Waals surface area contributed by atoms with Gasteiger partial charge in [0, 0.05) is 33.2 Å². The highest BCUT2D eigenvalue weighted by Gasteiger charge is 2.50. The molecule has 1 spiro atoms. The minimum atomic E-state index is -0.757. The molecule has 3 aliphatic rings. The molecule has 3 heteroatoms. The fourth-order valence-electron chi connectivity index (χ4n) is 12.2. The molecule has 1 aromatic heterocycles. The van der Waals surface area contributed by atoms with E-state index in [2.05, 4.69) is 254 Å². The summed E-state index contributed by atoms with van der Waals surface area (Å²) in [6, 6.07) is 90.7. The average molecular weight is 892 g/mol. The highest BCUT2D eigenvalue weighted by Crippen LogP contribution is 2.63. The Balaban J connectivity index is 1.08. The van der Waals surface area contributed by atoms with Crippen LogP contribution >= 0.6 is 0 Å². The van der Waals surface area contributed by atoms with Gasteiger partial charge in [0.1, 0.15) is 16.9 Å². The van der Waals surface area contributed by atoms with Gasteiger partial charge in [-0.1, -0.05) is 200 Å². The largest absolute Gasteiger partial charge is 0.456 e. The third kappa shape index (κ3) is 5.40. The van der Waals surface area contributed by atoms with Gasteiger partial charge in [0.2, 0.25) is 0 Å². The van der Waals surface area contributed by atoms with Gasteiger partial charge in [-0.3, -0.25) is 0 Å². The van der Waals surface area contributed by atoms with Gasteiger partial charge in [-0.15, -0.1) is 0 Å². The molecule has 1 aliphatic heterocycles. The summed E-state index contributed by atoms with van der Waals surface area (Å²) in [7, 11) is 0. The standard InChI is InChI=1S/C67H41NO2/c1-2-19-42(20-3-1)44-21-10-15-33-61(44)68(62-34-18-30-54-48-25-7-6-24-47(48)52-28-11-17-36-64(52)70-66(54)62)43-37-38-51-46-23-5-4-22-45(46)49-26-8-13-31-57(49)67(59(51)39-43)58-32-14-9-27-50(58)55-40-56-53-29-12-16-35-63(53)69-65(56)41-60(55)67/h1-41H. The predicted octanol–water partition coefficient (Wildman–Crippen LogP) is 18.2. The molecule has 0 saturated carbocycles. The summed E-state index contributed by atoms with van der Waals surface area (Å²) in [5.74, 6) is 1.62. The molecule has 0 radical (unpaired) electrons. The maximum Gasteiger partial charge on any atom is 0.159 e. The average Bonchev–Trinajstić information content (AvgIpc) is 3.84. The quantitative estimate of drug-likeness (QED) is 0.176. The van der Waals surface area contributed by atoms with Crippen LogP contribution in [0.15, 0.2) is 253 Å². The van der Waals surface area contributed by atoms with Crippen molar-refractivity contribution in [1.82, 2.24) is 0 Å². The Bertz CT molecular complexity index is 4130. The van der Waals surface area contributed by atoms with Crippen molar-refractivity contribution in [2.24, 2.45) is 0 Å². The molecule has 2 aliphatic carbocycles. The Kier molecular flexibility index (Phi) is 8.28. The van der Waals surface area contributed by atoms with Crippen molar-refractivity contribution >= 4 is 39.0 Å². The van der Waals surface area contributed by atoms with Gasteiger partial charge >= 0.3 is 0 Å².